The first-order chi connectivity index (χ1) is 69.5. The number of ether oxygens (including phenoxy) is 7. The van der Waals surface area contributed by atoms with Gasteiger partial charge in [0.05, 0.1) is 92.4 Å². The van der Waals surface area contributed by atoms with Crippen molar-refractivity contribution in [2.24, 2.45) is 0 Å². The molecule has 0 aliphatic rings. The van der Waals surface area contributed by atoms with Crippen LogP contribution in [0.25, 0.3) is 44.7 Å². The van der Waals surface area contributed by atoms with Crippen LogP contribution >= 0.6 is 30.4 Å². The van der Waals surface area contributed by atoms with Gasteiger partial charge in [0.1, 0.15) is 56.8 Å². The molecule has 0 bridgehead atoms. The van der Waals surface area contributed by atoms with Gasteiger partial charge in [0.2, 0.25) is 30.6 Å². The van der Waals surface area contributed by atoms with Gasteiger partial charge in [-0.05, 0) is 92.8 Å². The maximum atomic E-state index is 13.6. The van der Waals surface area contributed by atoms with Gasteiger partial charge in [-0.1, -0.05) is 169 Å². The highest BCUT2D eigenvalue weighted by molar-refractivity contribution is 7.54. The standard InChI is InChI=1S/C26H30N5O7P.C25H28N5O6P.C24H25FN5O6P.C18H22N5O8P.CH4/c1-17-4-7-19(8-5-17)13-37-39(34,38-14-21(32)20-9-6-18(2)22(12-20)35-3)16-36-11-10-31-15-28-23-24(31)29-26(27)30-25(23)33;1-17-3-7-19(8-4-17)13-35-37(33,36-14-21(31)20-9-5-18(2)6-10-20)16-34-12-11-30-15-27-22-23(30)28-25(26)29-24(22)32;1-16-2-4-17(5-3-16)12-35-37(33,36-13-20(31)18-6-8-19(25)9-7-18)15-34-11-10-30-14-27-21-22(30)28-24(26)29-23(21)32;1-27-18(25)29-11-31-32(26,30-9-13-5-3-2-4-6-13)12-28-8-7-23-10-20-14-15(23)21-17(19)22-16(14)24;/h4-9,12,15H,10-11,13-14,16H2,1-3H3,(H3,27,29,30,33);3-10,15H,11-14,16H2,1-2H3,(H3,26,28,29,32);2-9,14H,10-13,15H2,1H3,(H3,26,28,29,32);2-6,10H,7-9,11-12H2,1H3,(H3,19,21,22,24);1H4. The molecule has 8 aromatic heterocycles. The van der Waals surface area contributed by atoms with Gasteiger partial charge in [0.15, 0.2) is 62.0 Å². The quantitative estimate of drug-likeness (QED) is 0.00577. The van der Waals surface area contributed by atoms with E-state index in [1.807, 2.05) is 138 Å². The fraction of sp³-hybridized carbons (Fsp3) is 0.298. The van der Waals surface area contributed by atoms with E-state index in [0.717, 1.165) is 69.3 Å². The van der Waals surface area contributed by atoms with Crippen LogP contribution in [0.5, 0.6) is 5.75 Å². The lowest BCUT2D eigenvalue weighted by atomic mass is 10.1. The number of halogens is 1. The average molecular weight is 2090 g/mol. The van der Waals surface area contributed by atoms with Crippen molar-refractivity contribution in [2.75, 3.05) is 116 Å². The minimum Gasteiger partial charge on any atom is -0.496 e. The minimum absolute atomic E-state index is 0. The number of ketones is 3. The summed E-state index contributed by atoms with van der Waals surface area (Å²) in [7, 11) is -12.7. The number of rotatable bonds is 48. The molecule has 15 rings (SSSR count). The molecule has 12 N–H and O–H groups in total. The van der Waals surface area contributed by atoms with E-state index in [0.29, 0.717) is 33.8 Å². The molecular weight excluding hydrogens is 1980 g/mol. The van der Waals surface area contributed by atoms with Crippen LogP contribution < -0.4 is 49.9 Å². The lowest BCUT2D eigenvalue weighted by Crippen LogP contribution is -2.14. The second-order valence-electron chi connectivity index (χ2n) is 31.9. The highest BCUT2D eigenvalue weighted by Crippen LogP contribution is 2.52. The number of carbonyl (C=O) groups excluding carboxylic acids is 4. The number of methoxy groups -OCH3 is 2. The second kappa shape index (κ2) is 53.4. The molecule has 0 saturated heterocycles. The Hall–Kier alpha value is -14.4. The Morgan fingerprint density at radius 3 is 0.952 bits per heavy atom. The molecule has 0 aliphatic carbocycles. The number of imidazole rings is 4. The lowest BCUT2D eigenvalue weighted by Gasteiger charge is -2.19. The van der Waals surface area contributed by atoms with Gasteiger partial charge in [-0.25, -0.2) is 29.1 Å². The van der Waals surface area contributed by atoms with Crippen LogP contribution in [0.15, 0.2) is 214 Å². The van der Waals surface area contributed by atoms with Crippen LogP contribution in [0.4, 0.5) is 33.0 Å². The molecule has 4 unspecified atom stereocenters. The normalized spacial score (nSPS) is 12.9. The van der Waals surface area contributed by atoms with E-state index in [-0.39, 0.29) is 161 Å². The van der Waals surface area contributed by atoms with Crippen molar-refractivity contribution in [3.8, 4) is 5.75 Å². The number of carbonyl (C=O) groups is 4. The summed E-state index contributed by atoms with van der Waals surface area (Å²) in [5.41, 5.74) is 31.6. The number of fused-ring (bicyclic) bond motifs is 4. The zero-order chi connectivity index (χ0) is 104. The van der Waals surface area contributed by atoms with Gasteiger partial charge in [-0.3, -0.25) is 89.9 Å². The van der Waals surface area contributed by atoms with Crippen LogP contribution in [0.1, 0.15) is 88.6 Å². The van der Waals surface area contributed by atoms with Crippen LogP contribution in [-0.2, 0) is 135 Å². The van der Waals surface area contributed by atoms with Crippen molar-refractivity contribution in [1.82, 2.24) is 78.1 Å². The predicted octanol–water partition coefficient (Wildman–Crippen LogP) is 13.1. The third-order valence-corrected chi connectivity index (χ3v) is 27.0. The average Bonchev–Trinajstić information content (AvgIpc) is 1.66. The van der Waals surface area contributed by atoms with Crippen LogP contribution in [-0.4, -0.2) is 194 Å². The van der Waals surface area contributed by atoms with Crippen LogP contribution in [0.3, 0.4) is 0 Å². The van der Waals surface area contributed by atoms with E-state index in [9.17, 15) is 61.0 Å². The molecule has 774 valence electrons. The molecule has 8 heterocycles. The van der Waals surface area contributed by atoms with Crippen molar-refractivity contribution < 1.29 is 111 Å². The molecule has 7 aromatic carbocycles. The highest BCUT2D eigenvalue weighted by atomic mass is 31.2. The predicted molar refractivity (Wildman–Crippen MR) is 535 cm³/mol. The molecule has 15 aromatic rings. The number of nitrogen functional groups attached to an aromatic ring is 4. The number of nitrogens with two attached hydrogens (primary N) is 4. The van der Waals surface area contributed by atoms with Gasteiger partial charge in [0.25, 0.3) is 22.2 Å². The van der Waals surface area contributed by atoms with Crippen LogP contribution in [0, 0.1) is 40.4 Å². The van der Waals surface area contributed by atoms with E-state index >= 15 is 0 Å². The Kier molecular flexibility index (Phi) is 41.0. The first kappa shape index (κ1) is 112. The number of H-pyrrole nitrogens is 4. The number of aromatic amines is 4. The Morgan fingerprint density at radius 1 is 0.363 bits per heavy atom. The number of nitrogens with zero attached hydrogens (tertiary/aromatic N) is 12. The zero-order valence-corrected chi connectivity index (χ0v) is 83.1. The summed E-state index contributed by atoms with van der Waals surface area (Å²) >= 11 is 0. The smallest absolute Gasteiger partial charge is 0.496 e. The number of anilines is 4. The van der Waals surface area contributed by atoms with Crippen molar-refractivity contribution in [1.29, 1.82) is 0 Å². The van der Waals surface area contributed by atoms with Crippen molar-refractivity contribution in [3.63, 3.8) is 0 Å². The molecule has 52 heteroatoms. The number of hydrogen-bond acceptors (Lipinski definition) is 39. The molecule has 47 nitrogen and oxygen atoms in total. The maximum absolute atomic E-state index is 13.6. The first-order valence-corrected chi connectivity index (χ1v) is 51.1. The summed E-state index contributed by atoms with van der Waals surface area (Å²) in [4.78, 5) is 139. The van der Waals surface area contributed by atoms with E-state index < -0.39 is 116 Å². The number of benzene rings is 7. The molecule has 4 atom stereocenters. The van der Waals surface area contributed by atoms with Crippen molar-refractivity contribution in [3.05, 3.63) is 309 Å². The molecule has 0 spiro atoms. The van der Waals surface area contributed by atoms with Crippen molar-refractivity contribution in [2.45, 2.75) is 94.7 Å². The molecule has 0 radical (unpaired) electrons. The third-order valence-electron chi connectivity index (χ3n) is 20.8. The van der Waals surface area contributed by atoms with Crippen molar-refractivity contribution >= 4 is 122 Å². The van der Waals surface area contributed by atoms with E-state index in [2.05, 4.69) is 69.3 Å². The van der Waals surface area contributed by atoms with E-state index in [1.54, 1.807) is 60.7 Å². The van der Waals surface area contributed by atoms with Gasteiger partial charge in [0, 0.05) is 42.9 Å². The van der Waals surface area contributed by atoms with Gasteiger partial charge in [-0.2, -0.15) is 19.9 Å². The van der Waals surface area contributed by atoms with Gasteiger partial charge >= 0.3 is 36.5 Å². The summed E-state index contributed by atoms with van der Waals surface area (Å²) in [6.45, 7) is 8.82. The third kappa shape index (κ3) is 33.3. The Balaban J connectivity index is 0.000000185. The fourth-order valence-electron chi connectivity index (χ4n) is 13.0. The molecular formula is C94H109FN20O27P4. The minimum atomic E-state index is -3.88. The largest absolute Gasteiger partial charge is 0.510 e. The molecule has 0 fully saturated rings. The van der Waals surface area contributed by atoms with E-state index in [4.69, 9.17) is 82.8 Å². The summed E-state index contributed by atoms with van der Waals surface area (Å²) in [6.07, 6.45) is 3.12. The lowest BCUT2D eigenvalue weighted by molar-refractivity contribution is 0.00261. The maximum Gasteiger partial charge on any atom is 0.510 e. The monoisotopic (exact) mass is 2090 g/mol. The molecule has 0 saturated carbocycles. The topological polar surface area (TPSA) is 633 Å². The zero-order valence-electron chi connectivity index (χ0n) is 79.5. The number of Topliss-reactive ketones (excluding diaryl/α,β-unsaturated/α-hetero) is 3. The Morgan fingerprint density at radius 2 is 0.644 bits per heavy atom. The number of aromatic nitrogens is 16. The first-order valence-electron chi connectivity index (χ1n) is 44.2. The summed E-state index contributed by atoms with van der Waals surface area (Å²) < 4.78 is 154. The molecule has 146 heavy (non-hydrogen) atoms. The number of hydrogen-bond donors (Lipinski definition) is 8. The van der Waals surface area contributed by atoms with Gasteiger partial charge < -0.3 is 92.5 Å². The van der Waals surface area contributed by atoms with Crippen LogP contribution in [0.2, 0.25) is 0 Å². The Bertz CT molecular complexity index is 7190. The summed E-state index contributed by atoms with van der Waals surface area (Å²) in [6, 6.07) is 48.6. The summed E-state index contributed by atoms with van der Waals surface area (Å²) in [5.74, 6) is -1.26. The molecule has 0 amide bonds. The fourth-order valence-corrected chi connectivity index (χ4v) is 17.8. The van der Waals surface area contributed by atoms with Gasteiger partial charge in [-0.15, -0.1) is 0 Å². The highest BCUT2D eigenvalue weighted by Gasteiger charge is 2.33. The number of nitrogens with one attached hydrogen (secondary N) is 4. The summed E-state index contributed by atoms with van der Waals surface area (Å²) in [5, 5.41) is 0. The second-order valence-corrected chi connectivity index (χ2v) is 39.9. The number of aryl methyl sites for hydroxylation is 5. The molecule has 0 aliphatic heterocycles. The SMILES string of the molecule is C.COC(=O)OCOP(=O)(COCCn1cnc2c(=O)[nH]c(N)nc21)OCc1ccccc1.COc1cc(C(=O)COP(=O)(COCCn2cnc3c(=O)[nH]c(N)nc32)OCc2ccc(C)cc2)ccc1C.Cc1ccc(COP(=O)(COCCn2cnc3c(=O)[nH]c(N)nc32)OCC(=O)c2ccc(C)cc2)cc1.Cc1ccc(COP(=O)(COCCn2cnc3c(=O)[nH]c(N)nc32)OCC(=O)c2ccc(F)cc2)cc1. The Labute approximate surface area is 832 Å². The van der Waals surface area contributed by atoms with E-state index in [1.165, 1.54) is 44.6 Å².